The van der Waals surface area contributed by atoms with Crippen molar-refractivity contribution in [3.8, 4) is 0 Å². The first-order valence-electron chi connectivity index (χ1n) is 5.18. The van der Waals surface area contributed by atoms with Crippen molar-refractivity contribution < 1.29 is 13.2 Å². The first kappa shape index (κ1) is 12.5. The Bertz CT molecular complexity index is 529. The molecule has 0 bridgehead atoms. The molecule has 18 heavy (non-hydrogen) atoms. The van der Waals surface area contributed by atoms with Gasteiger partial charge in [0.2, 0.25) is 0 Å². The van der Waals surface area contributed by atoms with E-state index in [0.717, 1.165) is 6.07 Å². The SMILES string of the molecule is CC(NCc1cc(F)c(F)cc1F)c1nn[nH]n1. The highest BCUT2D eigenvalue weighted by Crippen LogP contribution is 2.14. The van der Waals surface area contributed by atoms with Gasteiger partial charge in [0.15, 0.2) is 17.5 Å². The maximum absolute atomic E-state index is 13.3. The van der Waals surface area contributed by atoms with Crippen LogP contribution in [0.4, 0.5) is 13.2 Å². The van der Waals surface area contributed by atoms with E-state index in [1.807, 2.05) is 0 Å². The quantitative estimate of drug-likeness (QED) is 0.814. The number of halogens is 3. The van der Waals surface area contributed by atoms with Gasteiger partial charge in [-0.25, -0.2) is 13.2 Å². The predicted octanol–water partition coefficient (Wildman–Crippen LogP) is 1.47. The average molecular weight is 257 g/mol. The molecule has 0 aliphatic heterocycles. The fourth-order valence-corrected chi connectivity index (χ4v) is 1.41. The first-order chi connectivity index (χ1) is 8.58. The topological polar surface area (TPSA) is 66.5 Å². The number of tetrazole rings is 1. The molecule has 0 aliphatic rings. The van der Waals surface area contributed by atoms with Crippen LogP contribution in [0.15, 0.2) is 12.1 Å². The van der Waals surface area contributed by atoms with Crippen LogP contribution in [0.5, 0.6) is 0 Å². The summed E-state index contributed by atoms with van der Waals surface area (Å²) in [6.45, 7) is 1.77. The summed E-state index contributed by atoms with van der Waals surface area (Å²) in [6.07, 6.45) is 0. The summed E-state index contributed by atoms with van der Waals surface area (Å²) in [7, 11) is 0. The van der Waals surface area contributed by atoms with Crippen LogP contribution < -0.4 is 5.32 Å². The standard InChI is InChI=1S/C10H10F3N5/c1-5(10-15-17-18-16-10)14-4-6-2-8(12)9(13)3-7(6)11/h2-3,5,14H,4H2,1H3,(H,15,16,17,18). The summed E-state index contributed by atoms with van der Waals surface area (Å²) in [5, 5.41) is 16.0. The van der Waals surface area contributed by atoms with Crippen molar-refractivity contribution in [2.24, 2.45) is 0 Å². The van der Waals surface area contributed by atoms with Gasteiger partial charge in [0.05, 0.1) is 6.04 Å². The maximum Gasteiger partial charge on any atom is 0.191 e. The number of aromatic nitrogens is 4. The van der Waals surface area contributed by atoms with E-state index in [9.17, 15) is 13.2 Å². The molecule has 1 aromatic carbocycles. The van der Waals surface area contributed by atoms with E-state index >= 15 is 0 Å². The Balaban J connectivity index is 2.04. The lowest BCUT2D eigenvalue weighted by Gasteiger charge is -2.10. The average Bonchev–Trinajstić information content (AvgIpc) is 2.85. The number of H-pyrrole nitrogens is 1. The molecule has 0 saturated heterocycles. The summed E-state index contributed by atoms with van der Waals surface area (Å²) in [5.74, 6) is -2.69. The van der Waals surface area contributed by atoms with E-state index in [2.05, 4.69) is 25.9 Å². The minimum Gasteiger partial charge on any atom is -0.303 e. The van der Waals surface area contributed by atoms with E-state index in [1.165, 1.54) is 0 Å². The minimum atomic E-state index is -1.21. The third-order valence-corrected chi connectivity index (χ3v) is 2.44. The Labute approximate surface area is 100 Å². The fourth-order valence-electron chi connectivity index (χ4n) is 1.41. The zero-order valence-electron chi connectivity index (χ0n) is 9.41. The second kappa shape index (κ2) is 5.13. The summed E-state index contributed by atoms with van der Waals surface area (Å²) >= 11 is 0. The molecule has 2 rings (SSSR count). The smallest absolute Gasteiger partial charge is 0.191 e. The lowest BCUT2D eigenvalue weighted by atomic mass is 10.2. The lowest BCUT2D eigenvalue weighted by molar-refractivity contribution is 0.479. The number of nitrogens with one attached hydrogen (secondary N) is 2. The first-order valence-corrected chi connectivity index (χ1v) is 5.18. The molecule has 5 nitrogen and oxygen atoms in total. The van der Waals surface area contributed by atoms with Crippen molar-refractivity contribution in [1.29, 1.82) is 0 Å². The zero-order chi connectivity index (χ0) is 13.1. The van der Waals surface area contributed by atoms with Gasteiger partial charge in [-0.3, -0.25) is 0 Å². The molecule has 1 unspecified atom stereocenters. The highest BCUT2D eigenvalue weighted by atomic mass is 19.2. The fraction of sp³-hybridized carbons (Fsp3) is 0.300. The number of rotatable bonds is 4. The van der Waals surface area contributed by atoms with Gasteiger partial charge < -0.3 is 5.32 Å². The van der Waals surface area contributed by atoms with Crippen LogP contribution in [0.1, 0.15) is 24.4 Å². The van der Waals surface area contributed by atoms with Gasteiger partial charge in [-0.15, -0.1) is 10.2 Å². The molecular weight excluding hydrogens is 247 g/mol. The van der Waals surface area contributed by atoms with Gasteiger partial charge in [-0.05, 0) is 13.0 Å². The van der Waals surface area contributed by atoms with Crippen molar-refractivity contribution in [3.05, 3.63) is 41.0 Å². The van der Waals surface area contributed by atoms with Crippen LogP contribution in [-0.4, -0.2) is 20.6 Å². The summed E-state index contributed by atoms with van der Waals surface area (Å²) < 4.78 is 39.0. The predicted molar refractivity (Wildman–Crippen MR) is 55.7 cm³/mol. The monoisotopic (exact) mass is 257 g/mol. The second-order valence-corrected chi connectivity index (χ2v) is 3.73. The van der Waals surface area contributed by atoms with E-state index in [1.54, 1.807) is 6.92 Å². The zero-order valence-corrected chi connectivity index (χ0v) is 9.41. The molecule has 1 atom stereocenters. The lowest BCUT2D eigenvalue weighted by Crippen LogP contribution is -2.20. The molecule has 0 radical (unpaired) electrons. The third-order valence-electron chi connectivity index (χ3n) is 2.44. The molecule has 2 aromatic rings. The Morgan fingerprint density at radius 3 is 2.61 bits per heavy atom. The Kier molecular flexibility index (Phi) is 3.56. The van der Waals surface area contributed by atoms with Gasteiger partial charge in [-0.2, -0.15) is 5.21 Å². The highest BCUT2D eigenvalue weighted by molar-refractivity contribution is 5.20. The van der Waals surface area contributed by atoms with Gasteiger partial charge >= 0.3 is 0 Å². The van der Waals surface area contributed by atoms with Crippen LogP contribution in [-0.2, 0) is 6.54 Å². The Morgan fingerprint density at radius 1 is 1.22 bits per heavy atom. The molecule has 0 saturated carbocycles. The molecule has 8 heteroatoms. The second-order valence-electron chi connectivity index (χ2n) is 3.73. The molecule has 0 fully saturated rings. The summed E-state index contributed by atoms with van der Waals surface area (Å²) in [6, 6.07) is 1.04. The molecular formula is C10H10F3N5. The third kappa shape index (κ3) is 2.65. The summed E-state index contributed by atoms with van der Waals surface area (Å²) in [4.78, 5) is 0. The Hall–Kier alpha value is -1.96. The van der Waals surface area contributed by atoms with E-state index in [-0.39, 0.29) is 18.2 Å². The number of hydrogen-bond acceptors (Lipinski definition) is 4. The minimum absolute atomic E-state index is 0.0265. The molecule has 0 spiro atoms. The van der Waals surface area contributed by atoms with Crippen molar-refractivity contribution in [2.75, 3.05) is 0 Å². The molecule has 1 aromatic heterocycles. The van der Waals surface area contributed by atoms with Crippen LogP contribution in [0.2, 0.25) is 0 Å². The summed E-state index contributed by atoms with van der Waals surface area (Å²) in [5.41, 5.74) is 0.0317. The van der Waals surface area contributed by atoms with Crippen LogP contribution in [0, 0.1) is 17.5 Å². The molecule has 96 valence electrons. The largest absolute Gasteiger partial charge is 0.303 e. The van der Waals surface area contributed by atoms with Crippen molar-refractivity contribution in [2.45, 2.75) is 19.5 Å². The Morgan fingerprint density at radius 2 is 1.94 bits per heavy atom. The van der Waals surface area contributed by atoms with Crippen LogP contribution in [0.3, 0.4) is 0 Å². The highest BCUT2D eigenvalue weighted by Gasteiger charge is 2.13. The van der Waals surface area contributed by atoms with Gasteiger partial charge in [0, 0.05) is 18.2 Å². The number of aromatic amines is 1. The molecule has 0 amide bonds. The van der Waals surface area contributed by atoms with Crippen molar-refractivity contribution in [3.63, 3.8) is 0 Å². The van der Waals surface area contributed by atoms with E-state index in [0.29, 0.717) is 11.9 Å². The van der Waals surface area contributed by atoms with Gasteiger partial charge in [0.25, 0.3) is 0 Å². The maximum atomic E-state index is 13.3. The number of benzene rings is 1. The van der Waals surface area contributed by atoms with Crippen LogP contribution >= 0.6 is 0 Å². The van der Waals surface area contributed by atoms with E-state index in [4.69, 9.17) is 0 Å². The van der Waals surface area contributed by atoms with Crippen LogP contribution in [0.25, 0.3) is 0 Å². The van der Waals surface area contributed by atoms with Crippen molar-refractivity contribution in [1.82, 2.24) is 25.9 Å². The molecule has 0 aliphatic carbocycles. The molecule has 2 N–H and O–H groups in total. The number of nitrogens with zero attached hydrogens (tertiary/aromatic N) is 3. The van der Waals surface area contributed by atoms with Crippen molar-refractivity contribution >= 4 is 0 Å². The van der Waals surface area contributed by atoms with E-state index < -0.39 is 17.5 Å². The van der Waals surface area contributed by atoms with Gasteiger partial charge in [-0.1, -0.05) is 5.21 Å². The number of hydrogen-bond donors (Lipinski definition) is 2. The van der Waals surface area contributed by atoms with Gasteiger partial charge in [0.1, 0.15) is 5.82 Å². The molecule has 1 heterocycles. The normalized spacial score (nSPS) is 12.7.